The molecule has 1 aliphatic heterocycles. The van der Waals surface area contributed by atoms with Gasteiger partial charge in [0.1, 0.15) is 11.4 Å². The van der Waals surface area contributed by atoms with Gasteiger partial charge in [-0.15, -0.1) is 0 Å². The lowest BCUT2D eigenvalue weighted by molar-refractivity contribution is 0.0270. The zero-order chi connectivity index (χ0) is 23.3. The van der Waals surface area contributed by atoms with E-state index in [1.165, 1.54) is 5.57 Å². The molecule has 4 heterocycles. The summed E-state index contributed by atoms with van der Waals surface area (Å²) in [6, 6.07) is 3.91. The largest absolute Gasteiger partial charge is 0.444 e. The number of nitrogens with zero attached hydrogens (tertiary/aromatic N) is 6. The van der Waals surface area contributed by atoms with E-state index in [1.54, 1.807) is 29.7 Å². The van der Waals surface area contributed by atoms with Crippen molar-refractivity contribution >= 4 is 17.5 Å². The highest BCUT2D eigenvalue weighted by atomic mass is 16.6. The van der Waals surface area contributed by atoms with Crippen LogP contribution in [0.15, 0.2) is 55.4 Å². The van der Waals surface area contributed by atoms with Gasteiger partial charge >= 0.3 is 6.09 Å². The van der Waals surface area contributed by atoms with E-state index in [2.05, 4.69) is 31.4 Å². The minimum absolute atomic E-state index is 0.266. The first kappa shape index (κ1) is 22.4. The summed E-state index contributed by atoms with van der Waals surface area (Å²) in [5, 5.41) is 7.79. The van der Waals surface area contributed by atoms with Gasteiger partial charge in [-0.3, -0.25) is 14.6 Å². The topological polar surface area (TPSA) is 98.1 Å². The van der Waals surface area contributed by atoms with Crippen molar-refractivity contribution in [1.29, 1.82) is 0 Å². The molecule has 0 aliphatic carbocycles. The Morgan fingerprint density at radius 2 is 2.00 bits per heavy atom. The van der Waals surface area contributed by atoms with Gasteiger partial charge in [0.05, 0.1) is 24.6 Å². The number of carbonyl (C=O) groups is 1. The minimum Gasteiger partial charge on any atom is -0.444 e. The number of hydrogen-bond donors (Lipinski definition) is 1. The van der Waals surface area contributed by atoms with Crippen LogP contribution < -0.4 is 5.32 Å². The summed E-state index contributed by atoms with van der Waals surface area (Å²) in [5.41, 5.74) is 3.54. The Bertz CT molecular complexity index is 1100. The van der Waals surface area contributed by atoms with E-state index in [1.807, 2.05) is 50.0 Å². The van der Waals surface area contributed by atoms with Crippen molar-refractivity contribution in [3.63, 3.8) is 0 Å². The zero-order valence-electron chi connectivity index (χ0n) is 19.2. The highest BCUT2D eigenvalue weighted by molar-refractivity contribution is 5.72. The fourth-order valence-electron chi connectivity index (χ4n) is 3.47. The summed E-state index contributed by atoms with van der Waals surface area (Å²) in [4.78, 5) is 26.8. The van der Waals surface area contributed by atoms with E-state index in [0.717, 1.165) is 29.1 Å². The molecule has 0 unspecified atom stereocenters. The predicted octanol–water partition coefficient (Wildman–Crippen LogP) is 3.87. The van der Waals surface area contributed by atoms with E-state index in [4.69, 9.17) is 4.74 Å². The number of anilines is 1. The third-order valence-electron chi connectivity index (χ3n) is 5.13. The Balaban J connectivity index is 1.26. The molecule has 0 radical (unpaired) electrons. The van der Waals surface area contributed by atoms with E-state index in [-0.39, 0.29) is 6.09 Å². The molecule has 0 fully saturated rings. The van der Waals surface area contributed by atoms with E-state index >= 15 is 0 Å². The molecule has 0 aromatic carbocycles. The smallest absolute Gasteiger partial charge is 0.410 e. The first-order valence-electron chi connectivity index (χ1n) is 11.0. The van der Waals surface area contributed by atoms with Gasteiger partial charge < -0.3 is 15.0 Å². The molecule has 3 aromatic heterocycles. The summed E-state index contributed by atoms with van der Waals surface area (Å²) in [6.07, 6.45) is 13.3. The summed E-state index contributed by atoms with van der Waals surface area (Å²) in [7, 11) is 0. The predicted molar refractivity (Wildman–Crippen MR) is 126 cm³/mol. The Morgan fingerprint density at radius 3 is 2.67 bits per heavy atom. The number of aromatic nitrogens is 5. The molecule has 9 nitrogen and oxygen atoms in total. The maximum Gasteiger partial charge on any atom is 0.410 e. The Kier molecular flexibility index (Phi) is 6.67. The second-order valence-corrected chi connectivity index (χ2v) is 8.85. The second-order valence-electron chi connectivity index (χ2n) is 8.85. The molecular weight excluding hydrogens is 418 g/mol. The summed E-state index contributed by atoms with van der Waals surface area (Å²) < 4.78 is 7.37. The molecule has 1 aliphatic rings. The third-order valence-corrected chi connectivity index (χ3v) is 5.13. The average molecular weight is 448 g/mol. The normalized spacial score (nSPS) is 14.0. The van der Waals surface area contributed by atoms with Crippen LogP contribution >= 0.6 is 0 Å². The van der Waals surface area contributed by atoms with Crippen LogP contribution in [0.2, 0.25) is 0 Å². The number of carbonyl (C=O) groups excluding carboxylic acids is 1. The van der Waals surface area contributed by atoms with E-state index in [9.17, 15) is 4.79 Å². The summed E-state index contributed by atoms with van der Waals surface area (Å²) >= 11 is 0. The van der Waals surface area contributed by atoms with Gasteiger partial charge in [0.2, 0.25) is 0 Å². The highest BCUT2D eigenvalue weighted by Crippen LogP contribution is 2.23. The van der Waals surface area contributed by atoms with Gasteiger partial charge in [0.15, 0.2) is 0 Å². The molecule has 0 saturated heterocycles. The number of ether oxygens (including phenoxy) is 1. The number of rotatable bonds is 6. The first-order chi connectivity index (χ1) is 15.9. The van der Waals surface area contributed by atoms with Crippen molar-refractivity contribution in [1.82, 2.24) is 29.6 Å². The lowest BCUT2D eigenvalue weighted by Crippen LogP contribution is -2.39. The van der Waals surface area contributed by atoms with Gasteiger partial charge in [-0.05, 0) is 44.9 Å². The third kappa shape index (κ3) is 6.15. The molecular formula is C24H29N7O2. The number of amides is 1. The zero-order valence-corrected chi connectivity index (χ0v) is 19.2. The Labute approximate surface area is 193 Å². The Hall–Kier alpha value is -3.75. The SMILES string of the molecule is CC(C)(C)OC(=O)N1CC=C(c2cnn(CCNc3ccc(-c4cnccn4)cn3)c2)CC1. The van der Waals surface area contributed by atoms with Crippen molar-refractivity contribution in [2.24, 2.45) is 0 Å². The molecule has 172 valence electrons. The van der Waals surface area contributed by atoms with E-state index in [0.29, 0.717) is 26.2 Å². The maximum atomic E-state index is 12.2. The maximum absolute atomic E-state index is 12.2. The quantitative estimate of drug-likeness (QED) is 0.612. The van der Waals surface area contributed by atoms with Crippen LogP contribution in [-0.4, -0.2) is 61.0 Å². The Morgan fingerprint density at radius 1 is 1.12 bits per heavy atom. The van der Waals surface area contributed by atoms with Crippen LogP contribution in [0.4, 0.5) is 10.6 Å². The van der Waals surface area contributed by atoms with Crippen LogP contribution in [0.1, 0.15) is 32.8 Å². The van der Waals surface area contributed by atoms with E-state index < -0.39 is 5.60 Å². The lowest BCUT2D eigenvalue weighted by Gasteiger charge is -2.29. The molecule has 1 N–H and O–H groups in total. The van der Waals surface area contributed by atoms with Crippen LogP contribution in [0.3, 0.4) is 0 Å². The standard InChI is InChI=1S/C24H29N7O2/c1-24(2,3)33-23(32)30-11-6-18(7-12-30)20-15-29-31(17-20)13-10-27-22-5-4-19(14-28-22)21-16-25-8-9-26-21/h4-6,8-9,14-17H,7,10-13H2,1-3H3,(H,27,28). The van der Waals surface area contributed by atoms with Gasteiger partial charge in [0.25, 0.3) is 0 Å². The first-order valence-corrected chi connectivity index (χ1v) is 11.0. The molecule has 0 spiro atoms. The molecule has 0 saturated carbocycles. The number of nitrogens with one attached hydrogen (secondary N) is 1. The molecule has 1 amide bonds. The van der Waals surface area contributed by atoms with Crippen molar-refractivity contribution in [3.8, 4) is 11.3 Å². The van der Waals surface area contributed by atoms with Crippen LogP contribution in [0.5, 0.6) is 0 Å². The van der Waals surface area contributed by atoms with Crippen molar-refractivity contribution in [3.05, 3.63) is 61.0 Å². The summed E-state index contributed by atoms with van der Waals surface area (Å²) in [5.74, 6) is 0.798. The molecule has 33 heavy (non-hydrogen) atoms. The van der Waals surface area contributed by atoms with Crippen LogP contribution in [0.25, 0.3) is 16.8 Å². The number of pyridine rings is 1. The lowest BCUT2D eigenvalue weighted by atomic mass is 10.0. The van der Waals surface area contributed by atoms with Gasteiger partial charge in [-0.1, -0.05) is 6.08 Å². The molecule has 4 rings (SSSR count). The number of hydrogen-bond acceptors (Lipinski definition) is 7. The van der Waals surface area contributed by atoms with Crippen LogP contribution in [0, 0.1) is 0 Å². The van der Waals surface area contributed by atoms with Crippen molar-refractivity contribution in [2.75, 3.05) is 25.0 Å². The highest BCUT2D eigenvalue weighted by Gasteiger charge is 2.24. The van der Waals surface area contributed by atoms with Gasteiger partial charge in [-0.25, -0.2) is 9.78 Å². The molecule has 0 bridgehead atoms. The van der Waals surface area contributed by atoms with Crippen LogP contribution in [-0.2, 0) is 11.3 Å². The molecule has 3 aromatic rings. The second kappa shape index (κ2) is 9.81. The van der Waals surface area contributed by atoms with Gasteiger partial charge in [-0.2, -0.15) is 5.10 Å². The monoisotopic (exact) mass is 447 g/mol. The molecule has 9 heteroatoms. The van der Waals surface area contributed by atoms with Gasteiger partial charge in [0, 0.05) is 55.5 Å². The fourth-order valence-corrected chi connectivity index (χ4v) is 3.47. The van der Waals surface area contributed by atoms with Crippen molar-refractivity contribution in [2.45, 2.75) is 39.3 Å². The molecule has 0 atom stereocenters. The fraction of sp³-hybridized carbons (Fsp3) is 0.375. The van der Waals surface area contributed by atoms with Crippen molar-refractivity contribution < 1.29 is 9.53 Å². The average Bonchev–Trinajstić information content (AvgIpc) is 3.28. The minimum atomic E-state index is -0.482. The summed E-state index contributed by atoms with van der Waals surface area (Å²) in [6.45, 7) is 8.24.